The number of phenolic OH excluding ortho intramolecular Hbond substituents is 1. The average molecular weight is 263 g/mol. The molecule has 0 aliphatic heterocycles. The molecule has 1 rings (SSSR count). The number of nitrogens with one attached hydrogen (secondary N) is 1. The van der Waals surface area contributed by atoms with Gasteiger partial charge in [0.05, 0.1) is 10.0 Å². The largest absolute Gasteiger partial charge is 0.505 e. The van der Waals surface area contributed by atoms with Gasteiger partial charge in [-0.25, -0.2) is 0 Å². The van der Waals surface area contributed by atoms with Crippen LogP contribution in [0, 0.1) is 0 Å². The molecule has 1 aromatic carbocycles. The SMILES string of the molecule is NCCCC(=O)Nc1cc(Cl)c(O)c(Cl)c1. The second-order valence-corrected chi connectivity index (χ2v) is 4.04. The zero-order valence-corrected chi connectivity index (χ0v) is 9.98. The highest BCUT2D eigenvalue weighted by molar-refractivity contribution is 6.37. The third kappa shape index (κ3) is 3.56. The van der Waals surface area contributed by atoms with Crippen molar-refractivity contribution in [1.82, 2.24) is 0 Å². The van der Waals surface area contributed by atoms with Crippen LogP contribution in [-0.4, -0.2) is 17.6 Å². The molecule has 0 aromatic heterocycles. The van der Waals surface area contributed by atoms with E-state index in [1.165, 1.54) is 12.1 Å². The lowest BCUT2D eigenvalue weighted by Crippen LogP contribution is -2.13. The van der Waals surface area contributed by atoms with E-state index in [4.69, 9.17) is 28.9 Å². The molecule has 88 valence electrons. The van der Waals surface area contributed by atoms with Crippen LogP contribution in [0.1, 0.15) is 12.8 Å². The summed E-state index contributed by atoms with van der Waals surface area (Å²) in [5.41, 5.74) is 5.74. The van der Waals surface area contributed by atoms with Gasteiger partial charge >= 0.3 is 0 Å². The summed E-state index contributed by atoms with van der Waals surface area (Å²) < 4.78 is 0. The molecule has 0 aliphatic carbocycles. The molecule has 16 heavy (non-hydrogen) atoms. The second kappa shape index (κ2) is 5.94. The number of benzene rings is 1. The Hall–Kier alpha value is -0.970. The molecule has 1 amide bonds. The maximum atomic E-state index is 11.4. The van der Waals surface area contributed by atoms with Crippen molar-refractivity contribution >= 4 is 34.8 Å². The van der Waals surface area contributed by atoms with Gasteiger partial charge in [-0.15, -0.1) is 0 Å². The number of carbonyl (C=O) groups excluding carboxylic acids is 1. The van der Waals surface area contributed by atoms with Gasteiger partial charge in [-0.2, -0.15) is 0 Å². The van der Waals surface area contributed by atoms with E-state index in [1.54, 1.807) is 0 Å². The Balaban J connectivity index is 2.71. The Morgan fingerprint density at radius 2 is 1.94 bits per heavy atom. The number of nitrogens with two attached hydrogens (primary N) is 1. The van der Waals surface area contributed by atoms with E-state index in [0.717, 1.165) is 0 Å². The van der Waals surface area contributed by atoms with Gasteiger partial charge < -0.3 is 16.2 Å². The fraction of sp³-hybridized carbons (Fsp3) is 0.300. The number of carbonyl (C=O) groups is 1. The third-order valence-electron chi connectivity index (χ3n) is 1.91. The zero-order chi connectivity index (χ0) is 12.1. The summed E-state index contributed by atoms with van der Waals surface area (Å²) >= 11 is 11.4. The van der Waals surface area contributed by atoms with Gasteiger partial charge in [-0.3, -0.25) is 4.79 Å². The predicted molar refractivity (Wildman–Crippen MR) is 65.0 cm³/mol. The molecule has 1 aromatic rings. The van der Waals surface area contributed by atoms with Crippen molar-refractivity contribution in [2.75, 3.05) is 11.9 Å². The number of rotatable bonds is 4. The van der Waals surface area contributed by atoms with E-state index in [1.807, 2.05) is 0 Å². The monoisotopic (exact) mass is 262 g/mol. The summed E-state index contributed by atoms with van der Waals surface area (Å²) in [7, 11) is 0. The quantitative estimate of drug-likeness (QED) is 0.730. The van der Waals surface area contributed by atoms with Gasteiger partial charge in [0.1, 0.15) is 0 Å². The molecule has 0 heterocycles. The van der Waals surface area contributed by atoms with Crippen LogP contribution in [0.4, 0.5) is 5.69 Å². The van der Waals surface area contributed by atoms with Crippen LogP contribution in [-0.2, 0) is 4.79 Å². The number of phenols is 1. The van der Waals surface area contributed by atoms with E-state index in [9.17, 15) is 9.90 Å². The number of anilines is 1. The molecule has 0 radical (unpaired) electrons. The fourth-order valence-electron chi connectivity index (χ4n) is 1.12. The first-order chi connectivity index (χ1) is 7.54. The number of amides is 1. The Kier molecular flexibility index (Phi) is 4.86. The molecule has 0 bridgehead atoms. The summed E-state index contributed by atoms with van der Waals surface area (Å²) in [5, 5.41) is 12.1. The molecule has 0 saturated carbocycles. The molecule has 4 N–H and O–H groups in total. The van der Waals surface area contributed by atoms with Crippen molar-refractivity contribution in [2.24, 2.45) is 5.73 Å². The number of hydrogen-bond acceptors (Lipinski definition) is 3. The van der Waals surface area contributed by atoms with Crippen LogP contribution in [0.15, 0.2) is 12.1 Å². The van der Waals surface area contributed by atoms with Crippen LogP contribution in [0.25, 0.3) is 0 Å². The summed E-state index contributed by atoms with van der Waals surface area (Å²) in [4.78, 5) is 11.4. The molecule has 0 unspecified atom stereocenters. The Morgan fingerprint density at radius 3 is 2.44 bits per heavy atom. The fourth-order valence-corrected chi connectivity index (χ4v) is 1.61. The average Bonchev–Trinajstić information content (AvgIpc) is 2.23. The summed E-state index contributed by atoms with van der Waals surface area (Å²) in [6.45, 7) is 0.463. The van der Waals surface area contributed by atoms with E-state index in [2.05, 4.69) is 5.32 Å². The van der Waals surface area contributed by atoms with Gasteiger partial charge in [0, 0.05) is 12.1 Å². The van der Waals surface area contributed by atoms with Crippen LogP contribution in [0.2, 0.25) is 10.0 Å². The van der Waals surface area contributed by atoms with Gasteiger partial charge in [0.25, 0.3) is 0 Å². The van der Waals surface area contributed by atoms with Crippen LogP contribution in [0.3, 0.4) is 0 Å². The molecule has 0 fully saturated rings. The predicted octanol–water partition coefficient (Wildman–Crippen LogP) is 2.38. The van der Waals surface area contributed by atoms with Crippen LogP contribution < -0.4 is 11.1 Å². The van der Waals surface area contributed by atoms with E-state index in [-0.39, 0.29) is 21.7 Å². The highest BCUT2D eigenvalue weighted by Gasteiger charge is 2.08. The highest BCUT2D eigenvalue weighted by atomic mass is 35.5. The first kappa shape index (κ1) is 13.1. The van der Waals surface area contributed by atoms with Crippen LogP contribution >= 0.6 is 23.2 Å². The smallest absolute Gasteiger partial charge is 0.224 e. The van der Waals surface area contributed by atoms with Crippen molar-refractivity contribution in [3.63, 3.8) is 0 Å². The Bertz CT molecular complexity index is 373. The Morgan fingerprint density at radius 1 is 1.38 bits per heavy atom. The molecular weight excluding hydrogens is 251 g/mol. The minimum absolute atomic E-state index is 0.0987. The van der Waals surface area contributed by atoms with Crippen molar-refractivity contribution in [1.29, 1.82) is 0 Å². The molecule has 4 nitrogen and oxygen atoms in total. The van der Waals surface area contributed by atoms with Gasteiger partial charge in [-0.05, 0) is 25.1 Å². The van der Waals surface area contributed by atoms with Crippen molar-refractivity contribution in [2.45, 2.75) is 12.8 Å². The standard InChI is InChI=1S/C10H12Cl2N2O2/c11-7-4-6(5-8(12)10(7)16)14-9(15)2-1-3-13/h4-5,16H,1-3,13H2,(H,14,15). The van der Waals surface area contributed by atoms with Crippen LogP contribution in [0.5, 0.6) is 5.75 Å². The summed E-state index contributed by atoms with van der Waals surface area (Å²) in [6.07, 6.45) is 0.956. The Labute approximate surface area is 103 Å². The maximum Gasteiger partial charge on any atom is 0.224 e. The summed E-state index contributed by atoms with van der Waals surface area (Å²) in [5.74, 6) is -0.355. The minimum Gasteiger partial charge on any atom is -0.505 e. The zero-order valence-electron chi connectivity index (χ0n) is 8.46. The van der Waals surface area contributed by atoms with Crippen molar-refractivity contribution in [3.8, 4) is 5.75 Å². The van der Waals surface area contributed by atoms with Gasteiger partial charge in [-0.1, -0.05) is 23.2 Å². The normalized spacial score (nSPS) is 10.2. The van der Waals surface area contributed by atoms with Gasteiger partial charge in [0.15, 0.2) is 5.75 Å². The number of hydrogen-bond donors (Lipinski definition) is 3. The van der Waals surface area contributed by atoms with Gasteiger partial charge in [0.2, 0.25) is 5.91 Å². The lowest BCUT2D eigenvalue weighted by atomic mass is 10.2. The van der Waals surface area contributed by atoms with Crippen molar-refractivity contribution in [3.05, 3.63) is 22.2 Å². The second-order valence-electron chi connectivity index (χ2n) is 3.23. The molecule has 0 spiro atoms. The van der Waals surface area contributed by atoms with E-state index in [0.29, 0.717) is 25.1 Å². The molecule has 6 heteroatoms. The minimum atomic E-state index is -0.191. The summed E-state index contributed by atoms with van der Waals surface area (Å²) in [6, 6.07) is 2.87. The molecule has 0 saturated heterocycles. The first-order valence-electron chi connectivity index (χ1n) is 4.72. The lowest BCUT2D eigenvalue weighted by molar-refractivity contribution is -0.116. The number of halogens is 2. The van der Waals surface area contributed by atoms with Crippen molar-refractivity contribution < 1.29 is 9.90 Å². The first-order valence-corrected chi connectivity index (χ1v) is 5.48. The topological polar surface area (TPSA) is 75.4 Å². The maximum absolute atomic E-state index is 11.4. The molecular formula is C10H12Cl2N2O2. The van der Waals surface area contributed by atoms with E-state index >= 15 is 0 Å². The lowest BCUT2D eigenvalue weighted by Gasteiger charge is -2.07. The number of aromatic hydroxyl groups is 1. The molecule has 0 atom stereocenters. The molecule has 0 aliphatic rings. The highest BCUT2D eigenvalue weighted by Crippen LogP contribution is 2.34. The van der Waals surface area contributed by atoms with E-state index < -0.39 is 0 Å². The third-order valence-corrected chi connectivity index (χ3v) is 2.48.